The normalized spacial score (nSPS) is 25.7. The molecule has 1 N–H and O–H groups in total. The lowest BCUT2D eigenvalue weighted by atomic mass is 9.82. The average molecular weight is 295 g/mol. The second kappa shape index (κ2) is 6.23. The summed E-state index contributed by atoms with van der Waals surface area (Å²) in [5, 5.41) is 9.81. The van der Waals surface area contributed by atoms with Crippen LogP contribution in [0.2, 0.25) is 0 Å². The number of aliphatic hydroxyl groups excluding tert-OH is 1. The Morgan fingerprint density at radius 2 is 1.55 bits per heavy atom. The largest absolute Gasteiger partial charge is 0.396 e. The quantitative estimate of drug-likeness (QED) is 0.929. The minimum Gasteiger partial charge on any atom is -0.396 e. The maximum absolute atomic E-state index is 9.81. The Bertz CT molecular complexity index is 558. The fourth-order valence-corrected chi connectivity index (χ4v) is 3.54. The molecule has 2 heteroatoms. The van der Waals surface area contributed by atoms with Crippen LogP contribution in [-0.4, -0.2) is 29.7 Å². The van der Waals surface area contributed by atoms with E-state index < -0.39 is 0 Å². The molecule has 3 rings (SSSR count). The van der Waals surface area contributed by atoms with Crippen LogP contribution in [0, 0.1) is 11.3 Å². The fraction of sp³-hybridized carbons (Fsp3) is 0.400. The lowest BCUT2D eigenvalue weighted by Gasteiger charge is -2.30. The lowest BCUT2D eigenvalue weighted by Crippen LogP contribution is -2.32. The first-order valence-electron chi connectivity index (χ1n) is 8.09. The predicted octanol–water partition coefficient (Wildman–Crippen LogP) is 3.73. The van der Waals surface area contributed by atoms with Crippen LogP contribution in [0.15, 0.2) is 60.7 Å². The standard InChI is InChI=1S/C20H25NO/c1-16-13-21(14-20(16,2)15-22)19(17-9-5-3-6-10-17)18-11-7-4-8-12-18/h3-12,16,19,22H,13-15H2,1-2H3/t16-,20-/m0/s1. The van der Waals surface area contributed by atoms with Gasteiger partial charge in [0.25, 0.3) is 0 Å². The molecule has 1 aliphatic heterocycles. The Labute approximate surface area is 133 Å². The third-order valence-electron chi connectivity index (χ3n) is 5.22. The minimum atomic E-state index is -0.0121. The van der Waals surface area contributed by atoms with E-state index in [1.807, 2.05) is 0 Å². The highest BCUT2D eigenvalue weighted by molar-refractivity contribution is 5.32. The molecule has 0 unspecified atom stereocenters. The summed E-state index contributed by atoms with van der Waals surface area (Å²) in [6.45, 7) is 6.65. The molecule has 0 saturated carbocycles. The maximum Gasteiger partial charge on any atom is 0.0602 e. The van der Waals surface area contributed by atoms with Crippen molar-refractivity contribution in [3.63, 3.8) is 0 Å². The SMILES string of the molecule is C[C@H]1CN(C(c2ccccc2)c2ccccc2)C[C@@]1(C)CO. The number of rotatable bonds is 4. The first-order valence-corrected chi connectivity index (χ1v) is 8.09. The van der Waals surface area contributed by atoms with Crippen LogP contribution >= 0.6 is 0 Å². The van der Waals surface area contributed by atoms with Crippen LogP contribution in [0.5, 0.6) is 0 Å². The van der Waals surface area contributed by atoms with E-state index >= 15 is 0 Å². The molecule has 0 bridgehead atoms. The third-order valence-corrected chi connectivity index (χ3v) is 5.22. The van der Waals surface area contributed by atoms with Gasteiger partial charge < -0.3 is 5.11 Å². The van der Waals surface area contributed by atoms with Gasteiger partial charge in [-0.15, -0.1) is 0 Å². The first-order chi connectivity index (χ1) is 10.6. The van der Waals surface area contributed by atoms with Crippen molar-refractivity contribution in [2.75, 3.05) is 19.7 Å². The Kier molecular flexibility index (Phi) is 4.32. The number of nitrogens with zero attached hydrogens (tertiary/aromatic N) is 1. The molecule has 0 radical (unpaired) electrons. The molecule has 0 spiro atoms. The van der Waals surface area contributed by atoms with Crippen molar-refractivity contribution in [3.05, 3.63) is 71.8 Å². The molecule has 1 fully saturated rings. The Morgan fingerprint density at radius 3 is 1.95 bits per heavy atom. The molecule has 22 heavy (non-hydrogen) atoms. The van der Waals surface area contributed by atoms with E-state index in [1.165, 1.54) is 11.1 Å². The van der Waals surface area contributed by atoms with Crippen molar-refractivity contribution in [3.8, 4) is 0 Å². The molecule has 116 valence electrons. The van der Waals surface area contributed by atoms with Crippen molar-refractivity contribution >= 4 is 0 Å². The molecular formula is C20H25NO. The van der Waals surface area contributed by atoms with Gasteiger partial charge in [0.05, 0.1) is 6.04 Å². The summed E-state index contributed by atoms with van der Waals surface area (Å²) in [7, 11) is 0. The summed E-state index contributed by atoms with van der Waals surface area (Å²) < 4.78 is 0. The number of hydrogen-bond donors (Lipinski definition) is 1. The number of likely N-dealkylation sites (tertiary alicyclic amines) is 1. The predicted molar refractivity (Wildman–Crippen MR) is 90.7 cm³/mol. The van der Waals surface area contributed by atoms with Crippen molar-refractivity contribution < 1.29 is 5.11 Å². The highest BCUT2D eigenvalue weighted by Gasteiger charge is 2.42. The molecule has 2 aromatic rings. The topological polar surface area (TPSA) is 23.5 Å². The molecule has 1 heterocycles. The van der Waals surface area contributed by atoms with Gasteiger partial charge in [0.1, 0.15) is 0 Å². The second-order valence-corrected chi connectivity index (χ2v) is 6.87. The zero-order chi connectivity index (χ0) is 15.6. The summed E-state index contributed by atoms with van der Waals surface area (Å²) in [6, 6.07) is 21.6. The number of hydrogen-bond acceptors (Lipinski definition) is 2. The third kappa shape index (κ3) is 2.81. The van der Waals surface area contributed by atoms with E-state index in [9.17, 15) is 5.11 Å². The van der Waals surface area contributed by atoms with Crippen LogP contribution in [0.1, 0.15) is 31.0 Å². The molecule has 2 aromatic carbocycles. The molecule has 0 aliphatic carbocycles. The van der Waals surface area contributed by atoms with Gasteiger partial charge in [0.2, 0.25) is 0 Å². The molecule has 2 nitrogen and oxygen atoms in total. The maximum atomic E-state index is 9.81. The van der Waals surface area contributed by atoms with Gasteiger partial charge in [-0.25, -0.2) is 0 Å². The molecular weight excluding hydrogens is 270 g/mol. The average Bonchev–Trinajstić information content (AvgIpc) is 2.85. The second-order valence-electron chi connectivity index (χ2n) is 6.87. The van der Waals surface area contributed by atoms with Gasteiger partial charge in [0.15, 0.2) is 0 Å². The van der Waals surface area contributed by atoms with Gasteiger partial charge in [-0.2, -0.15) is 0 Å². The van der Waals surface area contributed by atoms with Gasteiger partial charge in [-0.1, -0.05) is 74.5 Å². The van der Waals surface area contributed by atoms with Crippen LogP contribution < -0.4 is 0 Å². The zero-order valence-corrected chi connectivity index (χ0v) is 13.4. The van der Waals surface area contributed by atoms with Crippen molar-refractivity contribution in [1.29, 1.82) is 0 Å². The highest BCUT2D eigenvalue weighted by atomic mass is 16.3. The summed E-state index contributed by atoms with van der Waals surface area (Å²) in [5.41, 5.74) is 2.63. The van der Waals surface area contributed by atoms with Gasteiger partial charge in [0, 0.05) is 25.1 Å². The van der Waals surface area contributed by atoms with Crippen molar-refractivity contribution in [2.24, 2.45) is 11.3 Å². The number of benzene rings is 2. The van der Waals surface area contributed by atoms with Crippen LogP contribution in [-0.2, 0) is 0 Å². The monoisotopic (exact) mass is 295 g/mol. The van der Waals surface area contributed by atoms with E-state index in [-0.39, 0.29) is 18.1 Å². The van der Waals surface area contributed by atoms with E-state index in [4.69, 9.17) is 0 Å². The first kappa shape index (κ1) is 15.3. The molecule has 0 aromatic heterocycles. The van der Waals surface area contributed by atoms with Crippen LogP contribution in [0.25, 0.3) is 0 Å². The molecule has 1 saturated heterocycles. The van der Waals surface area contributed by atoms with E-state index in [1.54, 1.807) is 0 Å². The van der Waals surface area contributed by atoms with Gasteiger partial charge in [-0.05, 0) is 17.0 Å². The minimum absolute atomic E-state index is 0.0121. The summed E-state index contributed by atoms with van der Waals surface area (Å²) in [6.07, 6.45) is 0. The lowest BCUT2D eigenvalue weighted by molar-refractivity contribution is 0.114. The zero-order valence-electron chi connectivity index (χ0n) is 13.4. The summed E-state index contributed by atoms with van der Waals surface area (Å²) >= 11 is 0. The molecule has 0 amide bonds. The van der Waals surface area contributed by atoms with Crippen molar-refractivity contribution in [1.82, 2.24) is 4.90 Å². The van der Waals surface area contributed by atoms with E-state index in [0.717, 1.165) is 13.1 Å². The Hall–Kier alpha value is -1.64. The van der Waals surface area contributed by atoms with Crippen molar-refractivity contribution in [2.45, 2.75) is 19.9 Å². The van der Waals surface area contributed by atoms with Gasteiger partial charge in [-0.3, -0.25) is 4.90 Å². The Morgan fingerprint density at radius 1 is 1.05 bits per heavy atom. The number of aliphatic hydroxyl groups is 1. The summed E-state index contributed by atoms with van der Waals surface area (Å²) in [4.78, 5) is 2.52. The summed E-state index contributed by atoms with van der Waals surface area (Å²) in [5.74, 6) is 0.493. The fourth-order valence-electron chi connectivity index (χ4n) is 3.54. The smallest absolute Gasteiger partial charge is 0.0602 e. The van der Waals surface area contributed by atoms with Crippen LogP contribution in [0.4, 0.5) is 0 Å². The van der Waals surface area contributed by atoms with E-state index in [2.05, 4.69) is 79.4 Å². The molecule has 2 atom stereocenters. The van der Waals surface area contributed by atoms with Gasteiger partial charge >= 0.3 is 0 Å². The molecule has 1 aliphatic rings. The van der Waals surface area contributed by atoms with E-state index in [0.29, 0.717) is 5.92 Å². The Balaban J connectivity index is 1.97. The highest BCUT2D eigenvalue weighted by Crippen LogP contribution is 2.41. The van der Waals surface area contributed by atoms with Crippen LogP contribution in [0.3, 0.4) is 0 Å².